The van der Waals surface area contributed by atoms with Crippen LogP contribution < -0.4 is 19.7 Å². The lowest BCUT2D eigenvalue weighted by Gasteiger charge is -2.22. The van der Waals surface area contributed by atoms with Crippen LogP contribution in [0.3, 0.4) is 0 Å². The number of ketones is 1. The third-order valence-corrected chi connectivity index (χ3v) is 7.55. The van der Waals surface area contributed by atoms with Gasteiger partial charge in [0.2, 0.25) is 5.91 Å². The highest BCUT2D eigenvalue weighted by Crippen LogP contribution is 2.49. The predicted octanol–water partition coefficient (Wildman–Crippen LogP) is 5.88. The van der Waals surface area contributed by atoms with Crippen LogP contribution in [0.25, 0.3) is 0 Å². The number of carbonyl (C=O) groups is 3. The fraction of sp³-hybridized carbons (Fsp3) is 0.182. The number of para-hydroxylation sites is 2. The Morgan fingerprint density at radius 2 is 1.16 bits per heavy atom. The van der Waals surface area contributed by atoms with Gasteiger partial charge in [0.05, 0.1) is 6.04 Å². The first-order valence-electron chi connectivity index (χ1n) is 13.9. The van der Waals surface area contributed by atoms with Crippen LogP contribution in [0, 0.1) is 0 Å². The van der Waals surface area contributed by atoms with Gasteiger partial charge in [0.1, 0.15) is 30.8 Å². The van der Waals surface area contributed by atoms with E-state index in [9.17, 15) is 18.9 Å². The molecule has 10 nitrogen and oxygen atoms in total. The molecule has 0 aliphatic carbocycles. The molecule has 2 amide bonds. The maximum atomic E-state index is 13.5. The van der Waals surface area contributed by atoms with Crippen LogP contribution in [0.4, 0.5) is 4.79 Å². The number of phosphoric ester groups is 1. The van der Waals surface area contributed by atoms with Crippen LogP contribution in [-0.2, 0) is 36.4 Å². The minimum absolute atomic E-state index is 0.0226. The topological polar surface area (TPSA) is 129 Å². The summed E-state index contributed by atoms with van der Waals surface area (Å²) in [6.07, 6.45) is -0.639. The lowest BCUT2D eigenvalue weighted by molar-refractivity contribution is -0.129. The first kappa shape index (κ1) is 32.0. The molecule has 0 heterocycles. The molecule has 11 heteroatoms. The van der Waals surface area contributed by atoms with Crippen LogP contribution in [0.2, 0.25) is 0 Å². The molecule has 2 N–H and O–H groups in total. The molecule has 0 saturated carbocycles. The largest absolute Gasteiger partial charge is 0.588 e. The number of phosphoric acid groups is 1. The van der Waals surface area contributed by atoms with E-state index >= 15 is 0 Å². The molecule has 4 aromatic carbocycles. The zero-order valence-corrected chi connectivity index (χ0v) is 24.9. The SMILES string of the molecule is C[C@H](NC(=O)[C@H](Cc1ccccc1)NC(=O)OCc1ccccc1)C(=O)COP(=O)(Oc1ccccc1)Oc1ccccc1. The van der Waals surface area contributed by atoms with Crippen LogP contribution in [0.15, 0.2) is 121 Å². The van der Waals surface area contributed by atoms with Crippen molar-refractivity contribution in [3.63, 3.8) is 0 Å². The predicted molar refractivity (Wildman–Crippen MR) is 164 cm³/mol. The van der Waals surface area contributed by atoms with Crippen molar-refractivity contribution in [3.05, 3.63) is 132 Å². The quantitative estimate of drug-likeness (QED) is 0.159. The molecule has 0 radical (unpaired) electrons. The van der Waals surface area contributed by atoms with E-state index < -0.39 is 44.3 Å². The number of rotatable bonds is 15. The highest BCUT2D eigenvalue weighted by Gasteiger charge is 2.33. The normalized spacial score (nSPS) is 12.3. The van der Waals surface area contributed by atoms with Gasteiger partial charge in [-0.3, -0.25) is 14.1 Å². The molecule has 0 spiro atoms. The van der Waals surface area contributed by atoms with Crippen molar-refractivity contribution in [2.24, 2.45) is 0 Å². The highest BCUT2D eigenvalue weighted by molar-refractivity contribution is 7.49. The van der Waals surface area contributed by atoms with Gasteiger partial charge in [-0.05, 0) is 42.3 Å². The van der Waals surface area contributed by atoms with E-state index in [4.69, 9.17) is 18.3 Å². The Hall–Kier alpha value is -4.92. The van der Waals surface area contributed by atoms with E-state index in [0.29, 0.717) is 0 Å². The standard InChI is InChI=1S/C33H33N2O8P/c1-25(31(36)24-41-44(39,42-28-18-10-4-11-19-28)43-29-20-12-5-13-21-29)34-32(37)30(22-26-14-6-2-7-15-26)35-33(38)40-23-27-16-8-3-9-17-27/h2-21,25,30H,22-24H2,1H3,(H,34,37)(H,35,38)/t25-,30-/m0/s1. The van der Waals surface area contributed by atoms with E-state index in [-0.39, 0.29) is 24.5 Å². The number of hydrogen-bond acceptors (Lipinski definition) is 8. The van der Waals surface area contributed by atoms with Gasteiger partial charge < -0.3 is 24.4 Å². The van der Waals surface area contributed by atoms with Crippen molar-refractivity contribution in [1.82, 2.24) is 10.6 Å². The number of benzene rings is 4. The van der Waals surface area contributed by atoms with Crippen molar-refractivity contribution in [2.45, 2.75) is 32.0 Å². The molecule has 44 heavy (non-hydrogen) atoms. The average molecular weight is 617 g/mol. The van der Waals surface area contributed by atoms with E-state index in [1.54, 1.807) is 60.7 Å². The second kappa shape index (κ2) is 16.1. The van der Waals surface area contributed by atoms with E-state index in [2.05, 4.69) is 10.6 Å². The first-order valence-corrected chi connectivity index (χ1v) is 15.3. The number of alkyl carbamates (subject to hydrolysis) is 1. The monoisotopic (exact) mass is 616 g/mol. The average Bonchev–Trinajstić information content (AvgIpc) is 3.04. The van der Waals surface area contributed by atoms with Gasteiger partial charge in [-0.1, -0.05) is 97.1 Å². The number of nitrogens with one attached hydrogen (secondary N) is 2. The maximum Gasteiger partial charge on any atom is 0.588 e. The third kappa shape index (κ3) is 10.4. The second-order valence-corrected chi connectivity index (χ2v) is 11.2. The van der Waals surface area contributed by atoms with Crippen LogP contribution >= 0.6 is 7.82 Å². The summed E-state index contributed by atoms with van der Waals surface area (Å²) in [4.78, 5) is 38.9. The van der Waals surface area contributed by atoms with Crippen LogP contribution in [0.5, 0.6) is 11.5 Å². The number of carbonyl (C=O) groups excluding carboxylic acids is 3. The summed E-state index contributed by atoms with van der Waals surface area (Å²) in [6.45, 7) is 0.793. The first-order chi connectivity index (χ1) is 21.3. The number of amides is 2. The minimum atomic E-state index is -4.32. The summed E-state index contributed by atoms with van der Waals surface area (Å²) in [6, 6.07) is 32.6. The molecule has 4 rings (SSSR count). The maximum absolute atomic E-state index is 13.5. The minimum Gasteiger partial charge on any atom is -0.445 e. The molecule has 2 atom stereocenters. The van der Waals surface area contributed by atoms with Crippen LogP contribution in [0.1, 0.15) is 18.1 Å². The van der Waals surface area contributed by atoms with Gasteiger partial charge in [0.25, 0.3) is 0 Å². The molecule has 0 aromatic heterocycles. The Balaban J connectivity index is 1.38. The Morgan fingerprint density at radius 3 is 1.68 bits per heavy atom. The van der Waals surface area contributed by atoms with Crippen molar-refractivity contribution in [3.8, 4) is 11.5 Å². The summed E-state index contributed by atoms with van der Waals surface area (Å²) in [5.41, 5.74) is 1.58. The zero-order chi connectivity index (χ0) is 31.2. The smallest absolute Gasteiger partial charge is 0.445 e. The molecular weight excluding hydrogens is 583 g/mol. The molecular formula is C33H33N2O8P. The lowest BCUT2D eigenvalue weighted by Crippen LogP contribution is -2.52. The highest BCUT2D eigenvalue weighted by atomic mass is 31.2. The van der Waals surface area contributed by atoms with Gasteiger partial charge in [-0.25, -0.2) is 9.36 Å². The molecule has 0 unspecified atom stereocenters. The molecule has 0 fully saturated rings. The van der Waals surface area contributed by atoms with Gasteiger partial charge in [-0.15, -0.1) is 0 Å². The van der Waals surface area contributed by atoms with Gasteiger partial charge in [-0.2, -0.15) is 0 Å². The fourth-order valence-corrected chi connectivity index (χ4v) is 5.11. The van der Waals surface area contributed by atoms with Crippen molar-refractivity contribution < 1.29 is 37.3 Å². The molecule has 0 aliphatic rings. The summed E-state index contributed by atoms with van der Waals surface area (Å²) in [7, 11) is -4.32. The summed E-state index contributed by atoms with van der Waals surface area (Å²) in [5, 5.41) is 5.20. The molecule has 0 bridgehead atoms. The van der Waals surface area contributed by atoms with Gasteiger partial charge in [0, 0.05) is 6.42 Å². The van der Waals surface area contributed by atoms with Gasteiger partial charge >= 0.3 is 13.9 Å². The zero-order valence-electron chi connectivity index (χ0n) is 24.0. The summed E-state index contributed by atoms with van der Waals surface area (Å²) >= 11 is 0. The molecule has 0 saturated heterocycles. The summed E-state index contributed by atoms with van der Waals surface area (Å²) in [5.74, 6) is -0.781. The second-order valence-electron chi connectivity index (χ2n) is 9.67. The molecule has 0 aliphatic heterocycles. The number of ether oxygens (including phenoxy) is 1. The van der Waals surface area contributed by atoms with Crippen molar-refractivity contribution in [2.75, 3.05) is 6.61 Å². The lowest BCUT2D eigenvalue weighted by atomic mass is 10.0. The Morgan fingerprint density at radius 1 is 0.682 bits per heavy atom. The van der Waals surface area contributed by atoms with Crippen molar-refractivity contribution >= 4 is 25.6 Å². The van der Waals surface area contributed by atoms with Gasteiger partial charge in [0.15, 0.2) is 5.78 Å². The van der Waals surface area contributed by atoms with E-state index in [0.717, 1.165) is 11.1 Å². The Kier molecular flexibility index (Phi) is 11.7. The molecule has 4 aromatic rings. The molecule has 228 valence electrons. The van der Waals surface area contributed by atoms with E-state index in [1.165, 1.54) is 6.92 Å². The Bertz CT molecular complexity index is 1490. The Labute approximate surface area is 255 Å². The number of hydrogen-bond donors (Lipinski definition) is 2. The fourth-order valence-electron chi connectivity index (χ4n) is 3.92. The summed E-state index contributed by atoms with van der Waals surface area (Å²) < 4.78 is 35.3. The van der Waals surface area contributed by atoms with Crippen molar-refractivity contribution in [1.29, 1.82) is 0 Å². The third-order valence-electron chi connectivity index (χ3n) is 6.23. The number of Topliss-reactive ketones (excluding diaryl/α,β-unsaturated/α-hetero) is 1. The van der Waals surface area contributed by atoms with Crippen LogP contribution in [-0.4, -0.2) is 36.5 Å². The van der Waals surface area contributed by atoms with E-state index in [1.807, 2.05) is 60.7 Å².